The Bertz CT molecular complexity index is 288. The number of rotatable bonds is 21. The van der Waals surface area contributed by atoms with Crippen molar-refractivity contribution in [1.29, 1.82) is 0 Å². The van der Waals surface area contributed by atoms with E-state index in [-0.39, 0.29) is 5.92 Å². The van der Waals surface area contributed by atoms with Crippen molar-refractivity contribution in [1.82, 2.24) is 0 Å². The summed E-state index contributed by atoms with van der Waals surface area (Å²) in [5, 5.41) is 17.3. The van der Waals surface area contributed by atoms with E-state index in [2.05, 4.69) is 13.8 Å². The molecule has 0 aliphatic carbocycles. The van der Waals surface area contributed by atoms with Gasteiger partial charge >= 0.3 is 5.97 Å². The van der Waals surface area contributed by atoms with Gasteiger partial charge in [0, 0.05) is 6.61 Å². The summed E-state index contributed by atoms with van der Waals surface area (Å²) in [4.78, 5) is 10.4. The lowest BCUT2D eigenvalue weighted by Gasteiger charge is -2.06. The van der Waals surface area contributed by atoms with Crippen LogP contribution >= 0.6 is 0 Å². The molecule has 0 amide bonds. The molecular formula is C26H54O3. The Morgan fingerprint density at radius 2 is 0.931 bits per heavy atom. The fourth-order valence-corrected chi connectivity index (χ4v) is 3.61. The van der Waals surface area contributed by atoms with E-state index >= 15 is 0 Å². The van der Waals surface area contributed by atoms with E-state index in [0.29, 0.717) is 6.61 Å². The van der Waals surface area contributed by atoms with E-state index in [9.17, 15) is 4.79 Å². The highest BCUT2D eigenvalue weighted by molar-refractivity contribution is 5.69. The van der Waals surface area contributed by atoms with E-state index < -0.39 is 5.97 Å². The van der Waals surface area contributed by atoms with Crippen LogP contribution in [-0.2, 0) is 4.79 Å². The number of unbranched alkanes of at least 4 members (excludes halogenated alkanes) is 16. The number of aliphatic hydroxyl groups excluding tert-OH is 1. The van der Waals surface area contributed by atoms with Gasteiger partial charge in [-0.3, -0.25) is 4.79 Å². The van der Waals surface area contributed by atoms with Gasteiger partial charge in [0.15, 0.2) is 0 Å². The van der Waals surface area contributed by atoms with Crippen LogP contribution in [0.15, 0.2) is 0 Å². The number of aliphatic hydroxyl groups is 1. The van der Waals surface area contributed by atoms with E-state index in [1.165, 1.54) is 96.3 Å². The highest BCUT2D eigenvalue weighted by atomic mass is 16.4. The minimum Gasteiger partial charge on any atom is -0.481 e. The van der Waals surface area contributed by atoms with Crippen LogP contribution < -0.4 is 0 Å². The van der Waals surface area contributed by atoms with E-state index in [0.717, 1.165) is 32.1 Å². The first-order valence-electron chi connectivity index (χ1n) is 13.0. The van der Waals surface area contributed by atoms with Gasteiger partial charge in [0.05, 0.1) is 5.92 Å². The molecule has 29 heavy (non-hydrogen) atoms. The van der Waals surface area contributed by atoms with Crippen LogP contribution in [0.4, 0.5) is 0 Å². The predicted octanol–water partition coefficient (Wildman–Crippen LogP) is 8.53. The normalized spacial score (nSPS) is 11.7. The first-order valence-corrected chi connectivity index (χ1v) is 13.0. The lowest BCUT2D eigenvalue weighted by Crippen LogP contribution is -2.11. The quantitative estimate of drug-likeness (QED) is 0.185. The lowest BCUT2D eigenvalue weighted by molar-refractivity contribution is -0.142. The highest BCUT2D eigenvalue weighted by Crippen LogP contribution is 2.14. The van der Waals surface area contributed by atoms with Crippen LogP contribution in [-0.4, -0.2) is 22.8 Å². The Hall–Kier alpha value is -0.570. The van der Waals surface area contributed by atoms with Gasteiger partial charge in [-0.2, -0.15) is 0 Å². The molecule has 2 N–H and O–H groups in total. The third-order valence-electron chi connectivity index (χ3n) is 5.76. The van der Waals surface area contributed by atoms with Crippen LogP contribution in [0, 0.1) is 5.92 Å². The van der Waals surface area contributed by atoms with E-state index in [1.54, 1.807) is 0 Å². The molecule has 0 saturated carbocycles. The maximum absolute atomic E-state index is 10.4. The van der Waals surface area contributed by atoms with Crippen LogP contribution in [0.2, 0.25) is 0 Å². The third kappa shape index (κ3) is 27.4. The van der Waals surface area contributed by atoms with Crippen molar-refractivity contribution < 1.29 is 15.0 Å². The van der Waals surface area contributed by atoms with Crippen molar-refractivity contribution in [3.8, 4) is 0 Å². The predicted molar refractivity (Wildman–Crippen MR) is 128 cm³/mol. The zero-order valence-corrected chi connectivity index (χ0v) is 20.2. The van der Waals surface area contributed by atoms with Crippen LogP contribution in [0.3, 0.4) is 0 Å². The number of hydrogen-bond donors (Lipinski definition) is 2. The molecule has 0 aromatic rings. The minimum atomic E-state index is -0.643. The summed E-state index contributed by atoms with van der Waals surface area (Å²) in [6, 6.07) is 0. The first kappa shape index (κ1) is 30.6. The molecule has 0 radical (unpaired) electrons. The van der Waals surface area contributed by atoms with Gasteiger partial charge in [-0.05, 0) is 19.3 Å². The summed E-state index contributed by atoms with van der Waals surface area (Å²) in [7, 11) is 0. The van der Waals surface area contributed by atoms with Crippen molar-refractivity contribution in [3.63, 3.8) is 0 Å². The number of carbonyl (C=O) groups is 1. The van der Waals surface area contributed by atoms with E-state index in [1.807, 2.05) is 6.92 Å². The van der Waals surface area contributed by atoms with Gasteiger partial charge < -0.3 is 10.2 Å². The van der Waals surface area contributed by atoms with Crippen molar-refractivity contribution in [2.24, 2.45) is 5.92 Å². The summed E-state index contributed by atoms with van der Waals surface area (Å²) in [6.07, 6.45) is 25.9. The van der Waals surface area contributed by atoms with Crippen molar-refractivity contribution in [2.75, 3.05) is 6.61 Å². The van der Waals surface area contributed by atoms with Crippen LogP contribution in [0.5, 0.6) is 0 Å². The number of aliphatic carboxylic acids is 1. The van der Waals surface area contributed by atoms with E-state index in [4.69, 9.17) is 10.2 Å². The molecule has 1 unspecified atom stereocenters. The second kappa shape index (κ2) is 27.4. The molecule has 0 heterocycles. The molecule has 1 atom stereocenters. The molecule has 0 saturated heterocycles. The highest BCUT2D eigenvalue weighted by Gasteiger charge is 2.12. The molecular weight excluding hydrogens is 360 g/mol. The molecule has 0 bridgehead atoms. The fraction of sp³-hybridized carbons (Fsp3) is 0.962. The second-order valence-electron chi connectivity index (χ2n) is 8.61. The van der Waals surface area contributed by atoms with Gasteiger partial charge in [-0.1, -0.05) is 130 Å². The Morgan fingerprint density at radius 1 is 0.586 bits per heavy atom. The van der Waals surface area contributed by atoms with Gasteiger partial charge in [-0.15, -0.1) is 0 Å². The molecule has 0 spiro atoms. The largest absolute Gasteiger partial charge is 0.481 e. The maximum Gasteiger partial charge on any atom is 0.306 e. The van der Waals surface area contributed by atoms with Gasteiger partial charge in [0.25, 0.3) is 0 Å². The average molecular weight is 415 g/mol. The zero-order valence-electron chi connectivity index (χ0n) is 20.2. The molecule has 0 aromatic heterocycles. The van der Waals surface area contributed by atoms with Crippen molar-refractivity contribution >= 4 is 5.97 Å². The number of hydrogen-bond acceptors (Lipinski definition) is 2. The summed E-state index contributed by atoms with van der Waals surface area (Å²) >= 11 is 0. The average Bonchev–Trinajstić information content (AvgIpc) is 2.72. The Morgan fingerprint density at radius 3 is 1.21 bits per heavy atom. The molecule has 0 aromatic carbocycles. The molecule has 0 fully saturated rings. The van der Waals surface area contributed by atoms with Gasteiger partial charge in [0.1, 0.15) is 0 Å². The smallest absolute Gasteiger partial charge is 0.306 e. The molecule has 176 valence electrons. The van der Waals surface area contributed by atoms with Crippen LogP contribution in [0.1, 0.15) is 149 Å². The Labute approximate surface area is 183 Å². The molecule has 3 nitrogen and oxygen atoms in total. The SMILES string of the molecule is CCCCC(CC)C(=O)O.CCCCCCCCCCCCCCCCCCO. The monoisotopic (exact) mass is 414 g/mol. The molecule has 0 rings (SSSR count). The minimum absolute atomic E-state index is 0.111. The Kier molecular flexibility index (Phi) is 29.0. The second-order valence-corrected chi connectivity index (χ2v) is 8.61. The lowest BCUT2D eigenvalue weighted by atomic mass is 10.00. The summed E-state index contributed by atoms with van der Waals surface area (Å²) in [6.45, 7) is 6.66. The number of carboxylic acids is 1. The van der Waals surface area contributed by atoms with Crippen molar-refractivity contribution in [2.45, 2.75) is 149 Å². The van der Waals surface area contributed by atoms with Gasteiger partial charge in [0.2, 0.25) is 0 Å². The fourth-order valence-electron chi connectivity index (χ4n) is 3.61. The number of carboxylic acid groups (broad SMARTS) is 1. The third-order valence-corrected chi connectivity index (χ3v) is 5.76. The van der Waals surface area contributed by atoms with Crippen LogP contribution in [0.25, 0.3) is 0 Å². The maximum atomic E-state index is 10.4. The topological polar surface area (TPSA) is 57.5 Å². The zero-order chi connectivity index (χ0) is 22.0. The molecule has 3 heteroatoms. The van der Waals surface area contributed by atoms with Gasteiger partial charge in [-0.25, -0.2) is 0 Å². The summed E-state index contributed by atoms with van der Waals surface area (Å²) < 4.78 is 0. The first-order chi connectivity index (χ1) is 14.1. The summed E-state index contributed by atoms with van der Waals surface area (Å²) in [5.41, 5.74) is 0. The van der Waals surface area contributed by atoms with Crippen molar-refractivity contribution in [3.05, 3.63) is 0 Å². The molecule has 0 aliphatic heterocycles. The summed E-state index contributed by atoms with van der Waals surface area (Å²) in [5.74, 6) is -0.754. The Balaban J connectivity index is 0. The molecule has 0 aliphatic rings. The standard InChI is InChI=1S/C18H38O.C8H16O2/c1-2-3-4-5-6-7-8-9-10-11-12-13-14-15-16-17-18-19;1-3-5-6-7(4-2)8(9)10/h19H,2-18H2,1H3;7H,3-6H2,1-2H3,(H,9,10).